The van der Waals surface area contributed by atoms with E-state index >= 15 is 0 Å². The van der Waals surface area contributed by atoms with Gasteiger partial charge in [-0.05, 0) is 61.0 Å². The predicted molar refractivity (Wildman–Crippen MR) is 103 cm³/mol. The van der Waals surface area contributed by atoms with Gasteiger partial charge in [0.15, 0.2) is 0 Å². The highest BCUT2D eigenvalue weighted by atomic mass is 32.2. The van der Waals surface area contributed by atoms with Gasteiger partial charge in [-0.1, -0.05) is 59.2 Å². The number of hydrogen-bond acceptors (Lipinski definition) is 3. The molecule has 0 N–H and O–H groups in total. The zero-order valence-corrected chi connectivity index (χ0v) is 17.6. The van der Waals surface area contributed by atoms with Gasteiger partial charge in [0.25, 0.3) is 10.1 Å². The number of rotatable bonds is 3. The van der Waals surface area contributed by atoms with Gasteiger partial charge in [-0.2, -0.15) is 8.42 Å². The maximum atomic E-state index is 12.8. The average Bonchev–Trinajstić information content (AvgIpc) is 2.45. The molecule has 3 nitrogen and oxygen atoms in total. The summed E-state index contributed by atoms with van der Waals surface area (Å²) in [6.45, 7) is 15.2. The van der Waals surface area contributed by atoms with Gasteiger partial charge in [0.2, 0.25) is 0 Å². The van der Waals surface area contributed by atoms with Gasteiger partial charge in [-0.3, -0.25) is 4.18 Å². The minimum atomic E-state index is -3.74. The lowest BCUT2D eigenvalue weighted by molar-refractivity contribution is -0.0119. The molecule has 142 valence electrons. The van der Waals surface area contributed by atoms with E-state index in [2.05, 4.69) is 41.5 Å². The summed E-state index contributed by atoms with van der Waals surface area (Å²) in [4.78, 5) is 0.253. The molecular weight excluding hydrogens is 332 g/mol. The van der Waals surface area contributed by atoms with Crippen LogP contribution in [0.5, 0.6) is 0 Å². The van der Waals surface area contributed by atoms with Crippen molar-refractivity contribution in [2.45, 2.75) is 78.7 Å². The van der Waals surface area contributed by atoms with Gasteiger partial charge < -0.3 is 0 Å². The molecule has 0 heterocycles. The Morgan fingerprint density at radius 3 is 1.96 bits per heavy atom. The Morgan fingerprint density at radius 1 is 0.920 bits per heavy atom. The maximum Gasteiger partial charge on any atom is 0.297 e. The summed E-state index contributed by atoms with van der Waals surface area (Å²) in [5, 5.41) is 0. The first-order chi connectivity index (χ1) is 11.3. The normalized spacial score (nSPS) is 25.8. The van der Waals surface area contributed by atoms with Crippen LogP contribution in [0.25, 0.3) is 0 Å². The van der Waals surface area contributed by atoms with Gasteiger partial charge >= 0.3 is 0 Å². The standard InChI is InChI=1S/C21H34O3S/c1-15-8-11-17(12-9-15)25(22,23)24-19-14-16(20(2,3)4)10-13-18(19)21(5,6)7/h8-9,11-12,16,18-19H,10,13-14H2,1-7H3. The third-order valence-corrected chi connectivity index (χ3v) is 7.04. The smallest absolute Gasteiger partial charge is 0.263 e. The first kappa shape index (κ1) is 20.4. The van der Waals surface area contributed by atoms with E-state index in [0.717, 1.165) is 24.8 Å². The van der Waals surface area contributed by atoms with Crippen LogP contribution in [0, 0.1) is 29.6 Å². The lowest BCUT2D eigenvalue weighted by Gasteiger charge is -2.45. The maximum absolute atomic E-state index is 12.8. The quantitative estimate of drug-likeness (QED) is 0.656. The first-order valence-electron chi connectivity index (χ1n) is 9.30. The third kappa shape index (κ3) is 5.07. The van der Waals surface area contributed by atoms with Crippen molar-refractivity contribution in [3.63, 3.8) is 0 Å². The van der Waals surface area contributed by atoms with Crippen LogP contribution >= 0.6 is 0 Å². The Balaban J connectivity index is 2.28. The minimum absolute atomic E-state index is 0.0241. The second kappa shape index (κ2) is 7.03. The largest absolute Gasteiger partial charge is 0.297 e. The molecule has 0 bridgehead atoms. The van der Waals surface area contributed by atoms with Crippen LogP contribution in [0.4, 0.5) is 0 Å². The Hall–Kier alpha value is -0.870. The van der Waals surface area contributed by atoms with E-state index in [1.165, 1.54) is 0 Å². The van der Waals surface area contributed by atoms with Crippen LogP contribution in [0.2, 0.25) is 0 Å². The molecule has 1 aromatic rings. The number of aryl methyl sites for hydroxylation is 1. The molecule has 1 aromatic carbocycles. The Labute approximate surface area is 154 Å². The zero-order chi connectivity index (χ0) is 19.0. The molecule has 0 spiro atoms. The summed E-state index contributed by atoms with van der Waals surface area (Å²) < 4.78 is 31.5. The second-order valence-corrected chi connectivity index (χ2v) is 11.3. The molecule has 1 saturated carbocycles. The van der Waals surface area contributed by atoms with Crippen LogP contribution < -0.4 is 0 Å². The van der Waals surface area contributed by atoms with Crippen LogP contribution in [0.1, 0.15) is 66.4 Å². The highest BCUT2D eigenvalue weighted by Gasteiger charge is 2.43. The van der Waals surface area contributed by atoms with Crippen molar-refractivity contribution in [2.75, 3.05) is 0 Å². The fourth-order valence-electron chi connectivity index (χ4n) is 3.94. The molecule has 1 aliphatic carbocycles. The second-order valence-electron chi connectivity index (χ2n) is 9.75. The Morgan fingerprint density at radius 2 is 1.48 bits per heavy atom. The Bertz CT molecular complexity index is 675. The zero-order valence-electron chi connectivity index (χ0n) is 16.8. The molecule has 1 fully saturated rings. The summed E-state index contributed by atoms with van der Waals surface area (Å²) in [5.74, 6) is 0.718. The van der Waals surface area contributed by atoms with Gasteiger partial charge in [0.1, 0.15) is 0 Å². The number of benzene rings is 1. The number of hydrogen-bond donors (Lipinski definition) is 0. The van der Waals surface area contributed by atoms with E-state index in [-0.39, 0.29) is 27.7 Å². The molecule has 0 amide bonds. The van der Waals surface area contributed by atoms with Crippen LogP contribution in [-0.4, -0.2) is 14.5 Å². The van der Waals surface area contributed by atoms with Gasteiger partial charge in [0.05, 0.1) is 11.0 Å². The first-order valence-corrected chi connectivity index (χ1v) is 10.7. The van der Waals surface area contributed by atoms with Crippen molar-refractivity contribution < 1.29 is 12.6 Å². The van der Waals surface area contributed by atoms with Crippen molar-refractivity contribution in [3.05, 3.63) is 29.8 Å². The molecule has 0 saturated heterocycles. The summed E-state index contributed by atoms with van der Waals surface area (Å²) in [6, 6.07) is 6.91. The van der Waals surface area contributed by atoms with Crippen molar-refractivity contribution in [1.29, 1.82) is 0 Å². The molecule has 0 aliphatic heterocycles. The highest BCUT2D eigenvalue weighted by molar-refractivity contribution is 7.86. The molecule has 2 rings (SSSR count). The van der Waals surface area contributed by atoms with E-state index in [1.807, 2.05) is 19.1 Å². The molecule has 3 unspecified atom stereocenters. The van der Waals surface area contributed by atoms with Crippen LogP contribution in [0.15, 0.2) is 29.2 Å². The lowest BCUT2D eigenvalue weighted by atomic mass is 9.63. The van der Waals surface area contributed by atoms with Crippen molar-refractivity contribution in [2.24, 2.45) is 22.7 Å². The molecule has 0 radical (unpaired) electrons. The van der Waals surface area contributed by atoms with E-state index in [4.69, 9.17) is 4.18 Å². The van der Waals surface area contributed by atoms with Crippen molar-refractivity contribution >= 4 is 10.1 Å². The van der Waals surface area contributed by atoms with E-state index < -0.39 is 10.1 Å². The van der Waals surface area contributed by atoms with E-state index in [9.17, 15) is 8.42 Å². The fourth-order valence-corrected chi connectivity index (χ4v) is 5.05. The topological polar surface area (TPSA) is 43.4 Å². The molecule has 3 atom stereocenters. The minimum Gasteiger partial charge on any atom is -0.263 e. The average molecular weight is 367 g/mol. The summed E-state index contributed by atoms with van der Waals surface area (Å²) >= 11 is 0. The lowest BCUT2D eigenvalue weighted by Crippen LogP contribution is -2.43. The SMILES string of the molecule is Cc1ccc(S(=O)(=O)OC2CC(C(C)(C)C)CCC2C(C)(C)C)cc1. The van der Waals surface area contributed by atoms with Crippen molar-refractivity contribution in [1.82, 2.24) is 0 Å². The van der Waals surface area contributed by atoms with Crippen molar-refractivity contribution in [3.8, 4) is 0 Å². The predicted octanol–water partition coefficient (Wildman–Crippen LogP) is 5.58. The van der Waals surface area contributed by atoms with Gasteiger partial charge in [-0.25, -0.2) is 0 Å². The van der Waals surface area contributed by atoms with Gasteiger partial charge in [-0.15, -0.1) is 0 Å². The summed E-state index contributed by atoms with van der Waals surface area (Å²) in [5.41, 5.74) is 1.23. The molecule has 1 aliphatic rings. The summed E-state index contributed by atoms with van der Waals surface area (Å²) in [6.07, 6.45) is 2.69. The summed E-state index contributed by atoms with van der Waals surface area (Å²) in [7, 11) is -3.74. The van der Waals surface area contributed by atoms with Crippen LogP contribution in [0.3, 0.4) is 0 Å². The third-order valence-electron chi connectivity index (χ3n) is 5.69. The molecule has 4 heteroatoms. The fraction of sp³-hybridized carbons (Fsp3) is 0.714. The highest BCUT2D eigenvalue weighted by Crippen LogP contribution is 2.47. The van der Waals surface area contributed by atoms with Gasteiger partial charge in [0, 0.05) is 0 Å². The van der Waals surface area contributed by atoms with E-state index in [1.54, 1.807) is 12.1 Å². The van der Waals surface area contributed by atoms with E-state index in [0.29, 0.717) is 5.92 Å². The monoisotopic (exact) mass is 366 g/mol. The van der Waals surface area contributed by atoms with Crippen LogP contribution in [-0.2, 0) is 14.3 Å². The molecule has 25 heavy (non-hydrogen) atoms. The molecular formula is C21H34O3S. The molecule has 0 aromatic heterocycles. The Kier molecular flexibility index (Phi) is 5.75.